The lowest BCUT2D eigenvalue weighted by molar-refractivity contribution is 0.362. The van der Waals surface area contributed by atoms with Crippen LogP contribution >= 0.6 is 0 Å². The van der Waals surface area contributed by atoms with Crippen LogP contribution in [0.2, 0.25) is 0 Å². The zero-order chi connectivity index (χ0) is 12.3. The van der Waals surface area contributed by atoms with Gasteiger partial charge in [-0.2, -0.15) is 12.7 Å². The van der Waals surface area contributed by atoms with Gasteiger partial charge in [0.1, 0.15) is 5.75 Å². The van der Waals surface area contributed by atoms with E-state index in [0.717, 1.165) is 0 Å². The van der Waals surface area contributed by atoms with Gasteiger partial charge in [0.15, 0.2) is 0 Å². The van der Waals surface area contributed by atoms with Gasteiger partial charge in [0.25, 0.3) is 0 Å². The molecule has 0 bridgehead atoms. The van der Waals surface area contributed by atoms with Crippen LogP contribution in [0.15, 0.2) is 24.3 Å². The van der Waals surface area contributed by atoms with Crippen molar-refractivity contribution in [1.29, 1.82) is 0 Å². The van der Waals surface area contributed by atoms with Gasteiger partial charge >= 0.3 is 10.2 Å². The smallest absolute Gasteiger partial charge is 0.301 e. The van der Waals surface area contributed by atoms with Crippen LogP contribution < -0.4 is 10.0 Å². The molecule has 0 amide bonds. The van der Waals surface area contributed by atoms with E-state index in [1.165, 1.54) is 16.4 Å². The molecule has 1 aliphatic heterocycles. The van der Waals surface area contributed by atoms with E-state index in [4.69, 9.17) is 0 Å². The molecule has 0 aromatic heterocycles. The minimum atomic E-state index is -3.52. The minimum Gasteiger partial charge on any atom is -0.508 e. The molecular weight excluding hydrogens is 242 g/mol. The molecule has 0 aliphatic carbocycles. The highest BCUT2D eigenvalue weighted by Crippen LogP contribution is 2.17. The van der Waals surface area contributed by atoms with Gasteiger partial charge in [0.05, 0.1) is 5.69 Å². The number of nitrogens with one attached hydrogen (secondary N) is 2. The van der Waals surface area contributed by atoms with Crippen molar-refractivity contribution >= 4 is 15.9 Å². The molecule has 1 saturated heterocycles. The van der Waals surface area contributed by atoms with Crippen LogP contribution in [0.4, 0.5) is 5.69 Å². The second-order valence-electron chi connectivity index (χ2n) is 3.81. The topological polar surface area (TPSA) is 81.7 Å². The molecule has 0 radical (unpaired) electrons. The van der Waals surface area contributed by atoms with Crippen molar-refractivity contribution in [2.75, 3.05) is 30.9 Å². The number of piperazine rings is 1. The maximum atomic E-state index is 12.0. The summed E-state index contributed by atoms with van der Waals surface area (Å²) < 4.78 is 27.8. The zero-order valence-electron chi connectivity index (χ0n) is 9.26. The second-order valence-corrected chi connectivity index (χ2v) is 5.48. The minimum absolute atomic E-state index is 0.0329. The quantitative estimate of drug-likeness (QED) is 0.709. The van der Waals surface area contributed by atoms with Crippen molar-refractivity contribution in [3.05, 3.63) is 24.3 Å². The van der Waals surface area contributed by atoms with E-state index < -0.39 is 10.2 Å². The van der Waals surface area contributed by atoms with Crippen molar-refractivity contribution in [3.63, 3.8) is 0 Å². The Balaban J connectivity index is 2.11. The van der Waals surface area contributed by atoms with Crippen molar-refractivity contribution in [1.82, 2.24) is 9.62 Å². The van der Waals surface area contributed by atoms with E-state index in [0.29, 0.717) is 31.9 Å². The summed E-state index contributed by atoms with van der Waals surface area (Å²) in [4.78, 5) is 0. The number of nitrogens with zero attached hydrogens (tertiary/aromatic N) is 1. The molecular formula is C10H15N3O3S. The molecule has 2 rings (SSSR count). The number of benzene rings is 1. The molecule has 7 heteroatoms. The predicted molar refractivity (Wildman–Crippen MR) is 65.1 cm³/mol. The molecule has 1 heterocycles. The number of hydrogen-bond donors (Lipinski definition) is 3. The highest BCUT2D eigenvalue weighted by atomic mass is 32.2. The number of phenols is 1. The van der Waals surface area contributed by atoms with Gasteiger partial charge < -0.3 is 10.4 Å². The molecule has 0 spiro atoms. The van der Waals surface area contributed by atoms with E-state index in [-0.39, 0.29) is 5.75 Å². The third-order valence-electron chi connectivity index (χ3n) is 2.51. The molecule has 94 valence electrons. The van der Waals surface area contributed by atoms with Crippen LogP contribution in [0, 0.1) is 0 Å². The summed E-state index contributed by atoms with van der Waals surface area (Å²) in [5.41, 5.74) is 0.364. The predicted octanol–water partition coefficient (Wildman–Crippen LogP) is -0.0459. The van der Waals surface area contributed by atoms with Crippen molar-refractivity contribution < 1.29 is 13.5 Å². The number of rotatable bonds is 3. The lowest BCUT2D eigenvalue weighted by Gasteiger charge is -2.26. The molecule has 17 heavy (non-hydrogen) atoms. The van der Waals surface area contributed by atoms with Gasteiger partial charge in [-0.05, 0) is 12.1 Å². The Kier molecular flexibility index (Phi) is 3.51. The summed E-state index contributed by atoms with van der Waals surface area (Å²) in [6.07, 6.45) is 0. The fourth-order valence-corrected chi connectivity index (χ4v) is 2.88. The SMILES string of the molecule is O=S(=O)(Nc1cccc(O)c1)N1CCNCC1. The van der Waals surface area contributed by atoms with Crippen LogP contribution in [0.3, 0.4) is 0 Å². The number of hydrogen-bond acceptors (Lipinski definition) is 4. The van der Waals surface area contributed by atoms with Crippen molar-refractivity contribution in [2.24, 2.45) is 0 Å². The normalized spacial score (nSPS) is 17.9. The van der Waals surface area contributed by atoms with Gasteiger partial charge in [-0.1, -0.05) is 6.07 Å². The fraction of sp³-hybridized carbons (Fsp3) is 0.400. The monoisotopic (exact) mass is 257 g/mol. The average molecular weight is 257 g/mol. The van der Waals surface area contributed by atoms with Crippen LogP contribution in [-0.4, -0.2) is 44.0 Å². The highest BCUT2D eigenvalue weighted by molar-refractivity contribution is 7.90. The molecule has 3 N–H and O–H groups in total. The maximum absolute atomic E-state index is 12.0. The summed E-state index contributed by atoms with van der Waals surface area (Å²) in [6, 6.07) is 6.05. The molecule has 6 nitrogen and oxygen atoms in total. The van der Waals surface area contributed by atoms with Gasteiger partial charge in [-0.3, -0.25) is 4.72 Å². The van der Waals surface area contributed by atoms with E-state index in [1.54, 1.807) is 12.1 Å². The second kappa shape index (κ2) is 4.91. The first-order valence-electron chi connectivity index (χ1n) is 5.35. The van der Waals surface area contributed by atoms with Crippen LogP contribution in [-0.2, 0) is 10.2 Å². The Morgan fingerprint density at radius 2 is 2.00 bits per heavy atom. The Labute approximate surface area is 100 Å². The summed E-state index contributed by atoms with van der Waals surface area (Å²) >= 11 is 0. The molecule has 1 aliphatic rings. The lowest BCUT2D eigenvalue weighted by Crippen LogP contribution is -2.48. The Morgan fingerprint density at radius 3 is 2.65 bits per heavy atom. The Hall–Kier alpha value is -1.31. The average Bonchev–Trinajstić information content (AvgIpc) is 2.29. The standard InChI is InChI=1S/C10H15N3O3S/c14-10-3-1-2-9(8-10)12-17(15,16)13-6-4-11-5-7-13/h1-3,8,11-12,14H,4-7H2. The first-order chi connectivity index (χ1) is 8.08. The van der Waals surface area contributed by atoms with Crippen LogP contribution in [0.5, 0.6) is 5.75 Å². The number of anilines is 1. The number of aromatic hydroxyl groups is 1. The Bertz CT molecular complexity index is 483. The lowest BCUT2D eigenvalue weighted by atomic mass is 10.3. The summed E-state index contributed by atoms with van der Waals surface area (Å²) in [5, 5.41) is 12.3. The van der Waals surface area contributed by atoms with Gasteiger partial charge in [0.2, 0.25) is 0 Å². The number of phenolic OH excluding ortho intramolecular Hbond substituents is 1. The maximum Gasteiger partial charge on any atom is 0.301 e. The molecule has 1 aromatic rings. The van der Waals surface area contributed by atoms with E-state index in [2.05, 4.69) is 10.0 Å². The zero-order valence-corrected chi connectivity index (χ0v) is 10.1. The first-order valence-corrected chi connectivity index (χ1v) is 6.79. The van der Waals surface area contributed by atoms with Gasteiger partial charge in [-0.15, -0.1) is 0 Å². The molecule has 1 fully saturated rings. The van der Waals surface area contributed by atoms with Crippen molar-refractivity contribution in [3.8, 4) is 5.75 Å². The van der Waals surface area contributed by atoms with Gasteiger partial charge in [-0.25, -0.2) is 0 Å². The first kappa shape index (κ1) is 12.2. The summed E-state index contributed by atoms with van der Waals surface area (Å²) in [5.74, 6) is 0.0329. The van der Waals surface area contributed by atoms with E-state index >= 15 is 0 Å². The molecule has 0 saturated carbocycles. The molecule has 0 unspecified atom stereocenters. The largest absolute Gasteiger partial charge is 0.508 e. The third-order valence-corrected chi connectivity index (χ3v) is 4.05. The fourth-order valence-electron chi connectivity index (χ4n) is 1.67. The van der Waals surface area contributed by atoms with E-state index in [9.17, 15) is 13.5 Å². The van der Waals surface area contributed by atoms with E-state index in [1.807, 2.05) is 0 Å². The van der Waals surface area contributed by atoms with Crippen LogP contribution in [0.25, 0.3) is 0 Å². The highest BCUT2D eigenvalue weighted by Gasteiger charge is 2.23. The summed E-state index contributed by atoms with van der Waals surface area (Å²) in [6.45, 7) is 2.21. The third kappa shape index (κ3) is 3.09. The summed E-state index contributed by atoms with van der Waals surface area (Å²) in [7, 11) is -3.52. The molecule has 1 aromatic carbocycles. The molecule has 0 atom stereocenters. The van der Waals surface area contributed by atoms with Crippen molar-refractivity contribution in [2.45, 2.75) is 0 Å². The Morgan fingerprint density at radius 1 is 1.29 bits per heavy atom. The van der Waals surface area contributed by atoms with Gasteiger partial charge in [0, 0.05) is 32.2 Å². The van der Waals surface area contributed by atoms with Crippen LogP contribution in [0.1, 0.15) is 0 Å².